The topological polar surface area (TPSA) is 28.7 Å². The van der Waals surface area contributed by atoms with Crippen molar-refractivity contribution in [1.29, 1.82) is 0 Å². The Hall–Kier alpha value is -2.32. The number of aromatic amines is 1. The fraction of sp³-hybridized carbons (Fsp3) is 0. The molecular formula is C17H11ClN2. The highest BCUT2D eigenvalue weighted by atomic mass is 35.5. The summed E-state index contributed by atoms with van der Waals surface area (Å²) in [6.45, 7) is 0. The zero-order valence-corrected chi connectivity index (χ0v) is 11.4. The third-order valence-electron chi connectivity index (χ3n) is 3.48. The summed E-state index contributed by atoms with van der Waals surface area (Å²) < 4.78 is 0. The number of benzene rings is 3. The van der Waals surface area contributed by atoms with Crippen LogP contribution in [0.15, 0.2) is 60.7 Å². The first-order valence-corrected chi connectivity index (χ1v) is 6.82. The first kappa shape index (κ1) is 11.5. The van der Waals surface area contributed by atoms with E-state index in [1.165, 1.54) is 5.39 Å². The summed E-state index contributed by atoms with van der Waals surface area (Å²) in [6.07, 6.45) is 0. The largest absolute Gasteiger partial charge is 0.338 e. The van der Waals surface area contributed by atoms with E-state index in [2.05, 4.69) is 29.2 Å². The van der Waals surface area contributed by atoms with Crippen LogP contribution in [0, 0.1) is 0 Å². The summed E-state index contributed by atoms with van der Waals surface area (Å²) >= 11 is 6.05. The van der Waals surface area contributed by atoms with Crippen LogP contribution in [0.25, 0.3) is 33.2 Å². The molecule has 1 N–H and O–H groups in total. The van der Waals surface area contributed by atoms with Crippen molar-refractivity contribution in [1.82, 2.24) is 9.97 Å². The minimum Gasteiger partial charge on any atom is -0.338 e. The molecule has 0 unspecified atom stereocenters. The molecule has 20 heavy (non-hydrogen) atoms. The van der Waals surface area contributed by atoms with Crippen molar-refractivity contribution < 1.29 is 0 Å². The van der Waals surface area contributed by atoms with Crippen LogP contribution in [0.3, 0.4) is 0 Å². The van der Waals surface area contributed by atoms with Gasteiger partial charge in [-0.1, -0.05) is 54.1 Å². The Morgan fingerprint density at radius 1 is 0.900 bits per heavy atom. The lowest BCUT2D eigenvalue weighted by Gasteiger charge is -1.96. The Balaban J connectivity index is 2.01. The lowest BCUT2D eigenvalue weighted by Crippen LogP contribution is -1.79. The quantitative estimate of drug-likeness (QED) is 0.519. The van der Waals surface area contributed by atoms with Crippen LogP contribution in [-0.2, 0) is 0 Å². The first-order valence-electron chi connectivity index (χ1n) is 6.45. The van der Waals surface area contributed by atoms with E-state index in [0.717, 1.165) is 27.8 Å². The standard InChI is InChI=1S/C17H11ClN2/c18-13-6-3-5-12(10-13)17-19-15-9-8-11-4-1-2-7-14(11)16(15)20-17/h1-10H,(H,19,20). The van der Waals surface area contributed by atoms with Gasteiger partial charge in [0.1, 0.15) is 5.82 Å². The van der Waals surface area contributed by atoms with E-state index in [1.807, 2.05) is 36.4 Å². The van der Waals surface area contributed by atoms with Gasteiger partial charge >= 0.3 is 0 Å². The second-order valence-electron chi connectivity index (χ2n) is 4.78. The molecule has 4 rings (SSSR count). The van der Waals surface area contributed by atoms with Crippen LogP contribution >= 0.6 is 11.6 Å². The molecule has 4 aromatic rings. The molecule has 3 aromatic carbocycles. The summed E-state index contributed by atoms with van der Waals surface area (Å²) in [5, 5.41) is 3.08. The predicted octanol–water partition coefficient (Wildman–Crippen LogP) is 5.04. The van der Waals surface area contributed by atoms with Crippen LogP contribution in [-0.4, -0.2) is 9.97 Å². The van der Waals surface area contributed by atoms with Gasteiger partial charge in [-0.3, -0.25) is 0 Å². The van der Waals surface area contributed by atoms with Gasteiger partial charge in [0.15, 0.2) is 0 Å². The maximum Gasteiger partial charge on any atom is 0.138 e. The molecule has 0 aliphatic carbocycles. The van der Waals surface area contributed by atoms with Gasteiger partial charge in [0.25, 0.3) is 0 Å². The number of nitrogens with one attached hydrogen (secondary N) is 1. The molecule has 3 heteroatoms. The van der Waals surface area contributed by atoms with Crippen molar-refractivity contribution in [3.63, 3.8) is 0 Å². The summed E-state index contributed by atoms with van der Waals surface area (Å²) in [6, 6.07) is 20.2. The van der Waals surface area contributed by atoms with Crippen molar-refractivity contribution in [2.75, 3.05) is 0 Å². The minimum absolute atomic E-state index is 0.716. The summed E-state index contributed by atoms with van der Waals surface area (Å²) in [4.78, 5) is 8.10. The molecule has 1 aromatic heterocycles. The number of aromatic nitrogens is 2. The molecule has 2 nitrogen and oxygen atoms in total. The van der Waals surface area contributed by atoms with E-state index < -0.39 is 0 Å². The number of hydrogen-bond donors (Lipinski definition) is 1. The molecule has 0 radical (unpaired) electrons. The summed E-state index contributed by atoms with van der Waals surface area (Å²) in [5.41, 5.74) is 3.04. The molecule has 0 bridgehead atoms. The molecule has 0 spiro atoms. The fourth-order valence-corrected chi connectivity index (χ4v) is 2.71. The molecule has 0 saturated heterocycles. The molecule has 0 fully saturated rings. The van der Waals surface area contributed by atoms with Gasteiger partial charge in [-0.15, -0.1) is 0 Å². The summed E-state index contributed by atoms with van der Waals surface area (Å²) in [5.74, 6) is 0.846. The van der Waals surface area contributed by atoms with Crippen molar-refractivity contribution >= 4 is 33.4 Å². The van der Waals surface area contributed by atoms with Crippen molar-refractivity contribution in [2.24, 2.45) is 0 Å². The van der Waals surface area contributed by atoms with Crippen LogP contribution < -0.4 is 0 Å². The van der Waals surface area contributed by atoms with Crippen LogP contribution in [0.5, 0.6) is 0 Å². The molecule has 0 amide bonds. The minimum atomic E-state index is 0.716. The normalized spacial score (nSPS) is 11.2. The van der Waals surface area contributed by atoms with E-state index >= 15 is 0 Å². The van der Waals surface area contributed by atoms with E-state index in [-0.39, 0.29) is 0 Å². The van der Waals surface area contributed by atoms with Gasteiger partial charge in [-0.05, 0) is 23.6 Å². The Bertz CT molecular complexity index is 924. The number of nitrogens with zero attached hydrogens (tertiary/aromatic N) is 1. The third kappa shape index (κ3) is 1.77. The van der Waals surface area contributed by atoms with Gasteiger partial charge in [0, 0.05) is 16.0 Å². The SMILES string of the molecule is Clc1cccc(-c2nc3c(ccc4ccccc43)[nH]2)c1. The van der Waals surface area contributed by atoms with Gasteiger partial charge in [0.05, 0.1) is 11.0 Å². The van der Waals surface area contributed by atoms with Crippen molar-refractivity contribution in [2.45, 2.75) is 0 Å². The van der Waals surface area contributed by atoms with Crippen LogP contribution in [0.2, 0.25) is 5.02 Å². The third-order valence-corrected chi connectivity index (χ3v) is 3.71. The molecule has 1 heterocycles. The van der Waals surface area contributed by atoms with E-state index in [1.54, 1.807) is 0 Å². The molecule has 96 valence electrons. The van der Waals surface area contributed by atoms with Crippen LogP contribution in [0.4, 0.5) is 0 Å². The Morgan fingerprint density at radius 2 is 1.80 bits per heavy atom. The highest BCUT2D eigenvalue weighted by Crippen LogP contribution is 2.27. The molecule has 0 saturated carbocycles. The smallest absolute Gasteiger partial charge is 0.138 e. The first-order chi connectivity index (χ1) is 9.81. The monoisotopic (exact) mass is 278 g/mol. The zero-order valence-electron chi connectivity index (χ0n) is 10.6. The van der Waals surface area contributed by atoms with Gasteiger partial charge in [0.2, 0.25) is 0 Å². The van der Waals surface area contributed by atoms with Crippen LogP contribution in [0.1, 0.15) is 0 Å². The predicted molar refractivity (Wildman–Crippen MR) is 84.0 cm³/mol. The van der Waals surface area contributed by atoms with Gasteiger partial charge < -0.3 is 4.98 Å². The van der Waals surface area contributed by atoms with Crippen molar-refractivity contribution in [3.05, 3.63) is 65.7 Å². The number of imidazole rings is 1. The average molecular weight is 279 g/mol. The lowest BCUT2D eigenvalue weighted by molar-refractivity contribution is 1.34. The van der Waals surface area contributed by atoms with E-state index in [0.29, 0.717) is 5.02 Å². The molecule has 0 aliphatic heterocycles. The molecule has 0 aliphatic rings. The second kappa shape index (κ2) is 4.36. The lowest BCUT2D eigenvalue weighted by atomic mass is 10.1. The highest BCUT2D eigenvalue weighted by molar-refractivity contribution is 6.30. The number of rotatable bonds is 1. The number of halogens is 1. The van der Waals surface area contributed by atoms with E-state index in [9.17, 15) is 0 Å². The Kier molecular flexibility index (Phi) is 2.51. The maximum absolute atomic E-state index is 6.05. The zero-order chi connectivity index (χ0) is 13.5. The number of fused-ring (bicyclic) bond motifs is 3. The second-order valence-corrected chi connectivity index (χ2v) is 5.22. The molecule has 0 atom stereocenters. The summed E-state index contributed by atoms with van der Waals surface area (Å²) in [7, 11) is 0. The Labute approximate surface area is 121 Å². The maximum atomic E-state index is 6.05. The molecular weight excluding hydrogens is 268 g/mol. The highest BCUT2D eigenvalue weighted by Gasteiger charge is 2.08. The van der Waals surface area contributed by atoms with Crippen molar-refractivity contribution in [3.8, 4) is 11.4 Å². The van der Waals surface area contributed by atoms with E-state index in [4.69, 9.17) is 16.6 Å². The number of hydrogen-bond acceptors (Lipinski definition) is 1. The van der Waals surface area contributed by atoms with Gasteiger partial charge in [-0.2, -0.15) is 0 Å². The Morgan fingerprint density at radius 3 is 2.70 bits per heavy atom. The number of H-pyrrole nitrogens is 1. The average Bonchev–Trinajstić information content (AvgIpc) is 2.92. The fourth-order valence-electron chi connectivity index (χ4n) is 2.52. The van der Waals surface area contributed by atoms with Gasteiger partial charge in [-0.25, -0.2) is 4.98 Å².